The number of rotatable bonds is 6. The first-order chi connectivity index (χ1) is 14.5. The summed E-state index contributed by atoms with van der Waals surface area (Å²) in [5.41, 5.74) is 2.76. The SMILES string of the molecule is CSc1cc(-c2ccc[nH]c2=O)ccc1-n1cc(CNC(=O)c2ccc(Cl)s2)nn1. The van der Waals surface area contributed by atoms with E-state index in [0.717, 1.165) is 16.1 Å². The summed E-state index contributed by atoms with van der Waals surface area (Å²) in [5, 5.41) is 11.1. The van der Waals surface area contributed by atoms with Gasteiger partial charge in [0.1, 0.15) is 5.69 Å². The van der Waals surface area contributed by atoms with Gasteiger partial charge in [-0.05, 0) is 48.2 Å². The monoisotopic (exact) mass is 457 g/mol. The minimum absolute atomic E-state index is 0.136. The summed E-state index contributed by atoms with van der Waals surface area (Å²) < 4.78 is 2.23. The molecule has 0 unspecified atom stereocenters. The van der Waals surface area contributed by atoms with Crippen LogP contribution in [0.15, 0.2) is 64.5 Å². The molecule has 4 aromatic rings. The lowest BCUT2D eigenvalue weighted by atomic mass is 10.1. The van der Waals surface area contributed by atoms with Crippen LogP contribution >= 0.6 is 34.7 Å². The molecule has 0 spiro atoms. The van der Waals surface area contributed by atoms with Crippen LogP contribution in [0.1, 0.15) is 15.4 Å². The molecule has 7 nitrogen and oxygen atoms in total. The first kappa shape index (κ1) is 20.4. The van der Waals surface area contributed by atoms with Gasteiger partial charge in [0.2, 0.25) is 0 Å². The normalized spacial score (nSPS) is 10.9. The Bertz CT molecular complexity index is 1260. The maximum atomic E-state index is 12.2. The van der Waals surface area contributed by atoms with Crippen LogP contribution in [-0.2, 0) is 6.54 Å². The lowest BCUT2D eigenvalue weighted by Crippen LogP contribution is -2.21. The predicted octanol–water partition coefficient (Wildman–Crippen LogP) is 3.99. The van der Waals surface area contributed by atoms with E-state index in [1.807, 2.05) is 24.5 Å². The van der Waals surface area contributed by atoms with Crippen LogP contribution in [0.2, 0.25) is 4.34 Å². The summed E-state index contributed by atoms with van der Waals surface area (Å²) in [5.74, 6) is -0.205. The Balaban J connectivity index is 1.53. The molecule has 3 heterocycles. The van der Waals surface area contributed by atoms with Gasteiger partial charge in [0.05, 0.1) is 27.6 Å². The molecule has 2 N–H and O–H groups in total. The van der Waals surface area contributed by atoms with Crippen LogP contribution in [-0.4, -0.2) is 32.1 Å². The molecule has 0 atom stereocenters. The fourth-order valence-corrected chi connectivity index (χ4v) is 4.45. The van der Waals surface area contributed by atoms with Gasteiger partial charge in [-0.3, -0.25) is 9.59 Å². The minimum Gasteiger partial charge on any atom is -0.346 e. The smallest absolute Gasteiger partial charge is 0.261 e. The molecule has 1 aromatic carbocycles. The fourth-order valence-electron chi connectivity index (χ4n) is 2.87. The van der Waals surface area contributed by atoms with Crippen LogP contribution < -0.4 is 10.9 Å². The number of benzene rings is 1. The summed E-state index contributed by atoms with van der Waals surface area (Å²) in [6, 6.07) is 12.7. The molecular weight excluding hydrogens is 442 g/mol. The number of amides is 1. The van der Waals surface area contributed by atoms with E-state index >= 15 is 0 Å². The number of halogens is 1. The van der Waals surface area contributed by atoms with Gasteiger partial charge in [0.15, 0.2) is 0 Å². The number of hydrogen-bond donors (Lipinski definition) is 2. The molecule has 3 aromatic heterocycles. The molecule has 0 radical (unpaired) electrons. The van der Waals surface area contributed by atoms with Crippen molar-refractivity contribution in [1.82, 2.24) is 25.3 Å². The third-order valence-electron chi connectivity index (χ3n) is 4.32. The van der Waals surface area contributed by atoms with Crippen molar-refractivity contribution in [2.24, 2.45) is 0 Å². The second kappa shape index (κ2) is 8.86. The van der Waals surface area contributed by atoms with E-state index in [9.17, 15) is 9.59 Å². The molecule has 0 fully saturated rings. The summed E-state index contributed by atoms with van der Waals surface area (Å²) >= 11 is 8.65. The summed E-state index contributed by atoms with van der Waals surface area (Å²) in [4.78, 5) is 28.4. The highest BCUT2D eigenvalue weighted by atomic mass is 35.5. The second-order valence-corrected chi connectivity index (χ2v) is 8.80. The number of carbonyl (C=O) groups excluding carboxylic acids is 1. The maximum Gasteiger partial charge on any atom is 0.261 e. The van der Waals surface area contributed by atoms with Gasteiger partial charge >= 0.3 is 0 Å². The average Bonchev–Trinajstić information content (AvgIpc) is 3.41. The number of aromatic amines is 1. The van der Waals surface area contributed by atoms with Crippen LogP contribution in [0.4, 0.5) is 0 Å². The lowest BCUT2D eigenvalue weighted by Gasteiger charge is -2.09. The van der Waals surface area contributed by atoms with E-state index < -0.39 is 0 Å². The number of thioether (sulfide) groups is 1. The molecule has 0 aliphatic heterocycles. The van der Waals surface area contributed by atoms with Crippen LogP contribution in [0.25, 0.3) is 16.8 Å². The zero-order valence-electron chi connectivity index (χ0n) is 15.8. The number of H-pyrrole nitrogens is 1. The largest absolute Gasteiger partial charge is 0.346 e. The van der Waals surface area contributed by atoms with Crippen molar-refractivity contribution < 1.29 is 4.79 Å². The van der Waals surface area contributed by atoms with Gasteiger partial charge in [-0.2, -0.15) is 0 Å². The van der Waals surface area contributed by atoms with Crippen LogP contribution in [0.5, 0.6) is 0 Å². The Morgan fingerprint density at radius 3 is 2.90 bits per heavy atom. The Morgan fingerprint density at radius 1 is 1.30 bits per heavy atom. The lowest BCUT2D eigenvalue weighted by molar-refractivity contribution is 0.0954. The van der Waals surface area contributed by atoms with Crippen molar-refractivity contribution in [1.29, 1.82) is 0 Å². The molecule has 1 amide bonds. The molecule has 10 heteroatoms. The third-order valence-corrected chi connectivity index (χ3v) is 6.32. The topological polar surface area (TPSA) is 92.7 Å². The first-order valence-corrected chi connectivity index (χ1v) is 11.3. The zero-order valence-corrected chi connectivity index (χ0v) is 18.1. The van der Waals surface area contributed by atoms with E-state index in [1.165, 1.54) is 11.3 Å². The quantitative estimate of drug-likeness (QED) is 0.427. The highest BCUT2D eigenvalue weighted by molar-refractivity contribution is 7.98. The van der Waals surface area contributed by atoms with Crippen molar-refractivity contribution in [2.45, 2.75) is 11.4 Å². The number of carbonyl (C=O) groups is 1. The number of nitrogens with zero attached hydrogens (tertiary/aromatic N) is 3. The minimum atomic E-state index is -0.205. The summed E-state index contributed by atoms with van der Waals surface area (Å²) in [7, 11) is 0. The third kappa shape index (κ3) is 4.33. The molecule has 0 saturated heterocycles. The van der Waals surface area contributed by atoms with Gasteiger partial charge in [0.25, 0.3) is 11.5 Å². The van der Waals surface area contributed by atoms with Crippen LogP contribution in [0, 0.1) is 0 Å². The van der Waals surface area contributed by atoms with Gasteiger partial charge in [-0.25, -0.2) is 4.68 Å². The molecule has 152 valence electrons. The van der Waals surface area contributed by atoms with Crippen LogP contribution in [0.3, 0.4) is 0 Å². The van der Waals surface area contributed by atoms with E-state index in [-0.39, 0.29) is 18.0 Å². The Hall–Kier alpha value is -2.88. The van der Waals surface area contributed by atoms with Crippen molar-refractivity contribution in [2.75, 3.05) is 6.26 Å². The van der Waals surface area contributed by atoms with Gasteiger partial charge in [-0.15, -0.1) is 28.2 Å². The average molecular weight is 458 g/mol. The van der Waals surface area contributed by atoms with Gasteiger partial charge < -0.3 is 10.3 Å². The Kier molecular flexibility index (Phi) is 6.03. The Labute approximate surface area is 185 Å². The molecule has 0 aliphatic carbocycles. The van der Waals surface area contributed by atoms with E-state index in [4.69, 9.17) is 11.6 Å². The van der Waals surface area contributed by atoms with Crippen molar-refractivity contribution in [3.05, 3.63) is 80.1 Å². The van der Waals surface area contributed by atoms with E-state index in [2.05, 4.69) is 20.6 Å². The number of thiophene rings is 1. The van der Waals surface area contributed by atoms with Gasteiger partial charge in [-0.1, -0.05) is 22.9 Å². The molecule has 0 saturated carbocycles. The standard InChI is InChI=1S/C20H16ClN5O2S2/c1-29-17-9-12(14-3-2-8-22-19(14)27)4-5-15(17)26-11-13(24-25-26)10-23-20(28)16-6-7-18(21)30-16/h2-9,11H,10H2,1H3,(H,22,27)(H,23,28). The van der Waals surface area contributed by atoms with Crippen molar-refractivity contribution in [3.63, 3.8) is 0 Å². The van der Waals surface area contributed by atoms with Crippen molar-refractivity contribution in [3.8, 4) is 16.8 Å². The first-order valence-electron chi connectivity index (χ1n) is 8.86. The molecule has 0 aliphatic rings. The number of hydrogen-bond acceptors (Lipinski definition) is 6. The predicted molar refractivity (Wildman–Crippen MR) is 120 cm³/mol. The highest BCUT2D eigenvalue weighted by Gasteiger charge is 2.13. The highest BCUT2D eigenvalue weighted by Crippen LogP contribution is 2.28. The fraction of sp³-hybridized carbons (Fsp3) is 0.100. The molecular formula is C20H16ClN5O2S2. The second-order valence-electron chi connectivity index (χ2n) is 6.24. The zero-order chi connectivity index (χ0) is 21.1. The van der Waals surface area contributed by atoms with E-state index in [1.54, 1.807) is 53.1 Å². The van der Waals surface area contributed by atoms with E-state index in [0.29, 0.717) is 20.5 Å². The molecule has 4 rings (SSSR count). The van der Waals surface area contributed by atoms with Crippen molar-refractivity contribution >= 4 is 40.6 Å². The summed E-state index contributed by atoms with van der Waals surface area (Å²) in [6.07, 6.45) is 5.34. The number of pyridine rings is 1. The summed E-state index contributed by atoms with van der Waals surface area (Å²) in [6.45, 7) is 0.250. The van der Waals surface area contributed by atoms with Gasteiger partial charge in [0, 0.05) is 16.7 Å². The number of aromatic nitrogens is 4. The Morgan fingerprint density at radius 2 is 2.17 bits per heavy atom. The molecule has 30 heavy (non-hydrogen) atoms. The molecule has 0 bridgehead atoms. The maximum absolute atomic E-state index is 12.2. The number of nitrogens with one attached hydrogen (secondary N) is 2.